The topological polar surface area (TPSA) is 0 Å². The summed E-state index contributed by atoms with van der Waals surface area (Å²) >= 11 is 5.69. The quantitative estimate of drug-likeness (QED) is 0.681. The molecule has 0 unspecified atom stereocenters. The molecule has 2 rings (SSSR count). The fourth-order valence-electron chi connectivity index (χ4n) is 1.55. The van der Waals surface area contributed by atoms with E-state index in [4.69, 9.17) is 11.6 Å². The molecule has 15 heavy (non-hydrogen) atoms. The van der Waals surface area contributed by atoms with Crippen LogP contribution in [-0.2, 0) is 6.42 Å². The molecule has 0 amide bonds. The van der Waals surface area contributed by atoms with E-state index in [2.05, 4.69) is 36.4 Å². The van der Waals surface area contributed by atoms with Crippen LogP contribution in [0.1, 0.15) is 5.56 Å². The number of benzene rings is 2. The zero-order valence-corrected chi connectivity index (χ0v) is 9.17. The number of alkyl halides is 1. The van der Waals surface area contributed by atoms with E-state index in [1.54, 1.807) is 0 Å². The highest BCUT2D eigenvalue weighted by molar-refractivity contribution is 6.17. The minimum atomic E-state index is 0.679. The Morgan fingerprint density at radius 1 is 1.00 bits per heavy atom. The van der Waals surface area contributed by atoms with Gasteiger partial charge < -0.3 is 0 Å². The van der Waals surface area contributed by atoms with Crippen molar-refractivity contribution in [1.82, 2.24) is 0 Å². The second-order valence-electron chi connectivity index (χ2n) is 3.43. The molecule has 0 nitrogen and oxygen atoms in total. The van der Waals surface area contributed by atoms with Crippen molar-refractivity contribution >= 4 is 11.6 Å². The van der Waals surface area contributed by atoms with E-state index in [0.717, 1.165) is 6.42 Å². The summed E-state index contributed by atoms with van der Waals surface area (Å²) in [5.74, 6) is 0.679. The maximum Gasteiger partial charge on any atom is 0.0263 e. The summed E-state index contributed by atoms with van der Waals surface area (Å²) in [6.07, 6.45) is 0.933. The molecule has 2 aromatic rings. The van der Waals surface area contributed by atoms with Crippen LogP contribution in [0.4, 0.5) is 0 Å². The van der Waals surface area contributed by atoms with Crippen molar-refractivity contribution in [3.63, 3.8) is 0 Å². The summed E-state index contributed by atoms with van der Waals surface area (Å²) in [6.45, 7) is 0. The van der Waals surface area contributed by atoms with Gasteiger partial charge in [-0.05, 0) is 35.2 Å². The Bertz CT molecular complexity index is 403. The molecule has 0 aliphatic carbocycles. The van der Waals surface area contributed by atoms with E-state index in [1.165, 1.54) is 16.7 Å². The third-order valence-electron chi connectivity index (χ3n) is 2.38. The van der Waals surface area contributed by atoms with Gasteiger partial charge in [-0.25, -0.2) is 0 Å². The standard InChI is InChI=1S/C14H12Cl/c15-11-10-12-6-8-14(9-7-12)13-4-2-1-3-5-13/h1-2,4-9H,10-11H2. The van der Waals surface area contributed by atoms with Crippen molar-refractivity contribution in [2.75, 3.05) is 5.88 Å². The number of rotatable bonds is 3. The number of aryl methyl sites for hydroxylation is 1. The Morgan fingerprint density at radius 3 is 2.40 bits per heavy atom. The molecule has 0 heterocycles. The smallest absolute Gasteiger partial charge is 0.0263 e. The van der Waals surface area contributed by atoms with E-state index in [0.29, 0.717) is 5.88 Å². The first kappa shape index (κ1) is 10.3. The third-order valence-corrected chi connectivity index (χ3v) is 2.57. The molecule has 0 aliphatic heterocycles. The highest BCUT2D eigenvalue weighted by Gasteiger charge is 1.96. The van der Waals surface area contributed by atoms with E-state index >= 15 is 0 Å². The fourth-order valence-corrected chi connectivity index (χ4v) is 1.76. The van der Waals surface area contributed by atoms with Gasteiger partial charge in [0.2, 0.25) is 0 Å². The summed E-state index contributed by atoms with van der Waals surface area (Å²) in [4.78, 5) is 0. The summed E-state index contributed by atoms with van der Waals surface area (Å²) in [5, 5.41) is 0. The van der Waals surface area contributed by atoms with Crippen molar-refractivity contribution in [2.45, 2.75) is 6.42 Å². The zero-order valence-electron chi connectivity index (χ0n) is 8.41. The molecule has 0 N–H and O–H groups in total. The Hall–Kier alpha value is -1.27. The van der Waals surface area contributed by atoms with Gasteiger partial charge in [0.15, 0.2) is 0 Å². The molecule has 0 atom stereocenters. The van der Waals surface area contributed by atoms with Crippen molar-refractivity contribution in [2.24, 2.45) is 0 Å². The molecule has 2 aromatic carbocycles. The van der Waals surface area contributed by atoms with Gasteiger partial charge in [-0.1, -0.05) is 42.5 Å². The summed E-state index contributed by atoms with van der Waals surface area (Å²) < 4.78 is 0. The van der Waals surface area contributed by atoms with Gasteiger partial charge in [0, 0.05) is 5.88 Å². The van der Waals surface area contributed by atoms with E-state index in [1.807, 2.05) is 18.2 Å². The number of halogens is 1. The van der Waals surface area contributed by atoms with E-state index in [-0.39, 0.29) is 0 Å². The first-order valence-corrected chi connectivity index (χ1v) is 5.55. The van der Waals surface area contributed by atoms with Gasteiger partial charge in [0.05, 0.1) is 0 Å². The average Bonchev–Trinajstić information content (AvgIpc) is 2.32. The minimum Gasteiger partial charge on any atom is -0.126 e. The van der Waals surface area contributed by atoms with Crippen molar-refractivity contribution in [3.8, 4) is 11.1 Å². The first-order valence-electron chi connectivity index (χ1n) is 5.01. The normalized spacial score (nSPS) is 10.2. The average molecular weight is 216 g/mol. The minimum absolute atomic E-state index is 0.679. The van der Waals surface area contributed by atoms with Gasteiger partial charge in [0.25, 0.3) is 0 Å². The van der Waals surface area contributed by atoms with Gasteiger partial charge in [-0.3, -0.25) is 0 Å². The van der Waals surface area contributed by atoms with Gasteiger partial charge in [-0.15, -0.1) is 11.6 Å². The second-order valence-corrected chi connectivity index (χ2v) is 3.81. The third kappa shape index (κ3) is 2.60. The lowest BCUT2D eigenvalue weighted by atomic mass is 10.0. The Balaban J connectivity index is 2.24. The molecule has 0 spiro atoms. The molecular formula is C14H12Cl. The highest BCUT2D eigenvalue weighted by atomic mass is 35.5. The maximum absolute atomic E-state index is 5.69. The molecule has 0 bridgehead atoms. The summed E-state index contributed by atoms with van der Waals surface area (Å²) in [7, 11) is 0. The monoisotopic (exact) mass is 215 g/mol. The second kappa shape index (κ2) is 4.99. The maximum atomic E-state index is 5.69. The Morgan fingerprint density at radius 2 is 1.80 bits per heavy atom. The van der Waals surface area contributed by atoms with Crippen LogP contribution in [0, 0.1) is 6.07 Å². The molecule has 1 radical (unpaired) electrons. The predicted octanol–water partition coefficient (Wildman–Crippen LogP) is 3.94. The molecule has 0 aromatic heterocycles. The van der Waals surface area contributed by atoms with Crippen LogP contribution in [0.2, 0.25) is 0 Å². The molecule has 75 valence electrons. The van der Waals surface area contributed by atoms with Crippen molar-refractivity contribution < 1.29 is 0 Å². The van der Waals surface area contributed by atoms with Gasteiger partial charge >= 0.3 is 0 Å². The van der Waals surface area contributed by atoms with Crippen LogP contribution in [0.15, 0.2) is 48.5 Å². The van der Waals surface area contributed by atoms with Crippen LogP contribution in [0.5, 0.6) is 0 Å². The molecule has 0 saturated heterocycles. The summed E-state index contributed by atoms with van der Waals surface area (Å²) in [5.41, 5.74) is 3.72. The molecule has 1 heteroatoms. The predicted molar refractivity (Wildman–Crippen MR) is 65.1 cm³/mol. The molecule has 0 saturated carbocycles. The lowest BCUT2D eigenvalue weighted by Gasteiger charge is -2.02. The molecule has 0 fully saturated rings. The highest BCUT2D eigenvalue weighted by Crippen LogP contribution is 2.19. The van der Waals surface area contributed by atoms with Crippen LogP contribution in [-0.4, -0.2) is 5.88 Å². The van der Waals surface area contributed by atoms with Crippen molar-refractivity contribution in [3.05, 3.63) is 60.2 Å². The van der Waals surface area contributed by atoms with Crippen LogP contribution in [0.25, 0.3) is 11.1 Å². The molecule has 0 aliphatic rings. The first-order chi connectivity index (χ1) is 7.40. The van der Waals surface area contributed by atoms with Gasteiger partial charge in [0.1, 0.15) is 0 Å². The van der Waals surface area contributed by atoms with Crippen LogP contribution in [0.3, 0.4) is 0 Å². The van der Waals surface area contributed by atoms with E-state index < -0.39 is 0 Å². The molecular weight excluding hydrogens is 204 g/mol. The lowest BCUT2D eigenvalue weighted by molar-refractivity contribution is 1.15. The Labute approximate surface area is 95.5 Å². The summed E-state index contributed by atoms with van der Waals surface area (Å²) in [6, 6.07) is 19.6. The lowest BCUT2D eigenvalue weighted by Crippen LogP contribution is -1.85. The van der Waals surface area contributed by atoms with Crippen molar-refractivity contribution in [1.29, 1.82) is 0 Å². The number of hydrogen-bond acceptors (Lipinski definition) is 0. The van der Waals surface area contributed by atoms with Crippen LogP contribution < -0.4 is 0 Å². The number of hydrogen-bond donors (Lipinski definition) is 0. The SMILES string of the molecule is ClCCc1ccc(-c2c[c]ccc2)cc1. The largest absolute Gasteiger partial charge is 0.126 e. The fraction of sp³-hybridized carbons (Fsp3) is 0.143. The van der Waals surface area contributed by atoms with Gasteiger partial charge in [-0.2, -0.15) is 0 Å². The zero-order chi connectivity index (χ0) is 10.5. The van der Waals surface area contributed by atoms with E-state index in [9.17, 15) is 0 Å². The Kier molecular flexibility index (Phi) is 3.41. The van der Waals surface area contributed by atoms with Crippen LogP contribution >= 0.6 is 11.6 Å².